The van der Waals surface area contributed by atoms with Crippen LogP contribution in [0.1, 0.15) is 57.7 Å². The van der Waals surface area contributed by atoms with Crippen LogP contribution in [0.25, 0.3) is 0 Å². The van der Waals surface area contributed by atoms with Gasteiger partial charge in [-0.3, -0.25) is 10.1 Å². The molecular formula is C28H33FN6O3. The van der Waals surface area contributed by atoms with E-state index in [0.29, 0.717) is 23.3 Å². The van der Waals surface area contributed by atoms with Gasteiger partial charge in [0.25, 0.3) is 0 Å². The third-order valence-corrected chi connectivity index (χ3v) is 6.54. The van der Waals surface area contributed by atoms with E-state index in [0.717, 1.165) is 43.5 Å². The van der Waals surface area contributed by atoms with E-state index in [1.54, 1.807) is 24.4 Å². The Morgan fingerprint density at radius 3 is 2.53 bits per heavy atom. The molecule has 38 heavy (non-hydrogen) atoms. The van der Waals surface area contributed by atoms with Crippen LogP contribution in [0.2, 0.25) is 0 Å². The molecular weight excluding hydrogens is 487 g/mol. The molecule has 3 amide bonds. The molecule has 2 aromatic heterocycles. The summed E-state index contributed by atoms with van der Waals surface area (Å²) in [5.41, 5.74) is 1.54. The Hall–Kier alpha value is -3.95. The Morgan fingerprint density at radius 1 is 1.05 bits per heavy atom. The first-order valence-electron chi connectivity index (χ1n) is 13.0. The van der Waals surface area contributed by atoms with Crippen LogP contribution in [0.3, 0.4) is 0 Å². The Morgan fingerprint density at radius 2 is 1.84 bits per heavy atom. The molecule has 2 fully saturated rings. The molecule has 0 radical (unpaired) electrons. The molecule has 2 saturated carbocycles. The third kappa shape index (κ3) is 6.67. The molecule has 0 bridgehead atoms. The Bertz CT molecular complexity index is 1340. The van der Waals surface area contributed by atoms with Gasteiger partial charge < -0.3 is 15.4 Å². The van der Waals surface area contributed by atoms with Crippen LogP contribution in [0.4, 0.5) is 26.5 Å². The monoisotopic (exact) mass is 520 g/mol. The van der Waals surface area contributed by atoms with Gasteiger partial charge in [-0.25, -0.2) is 18.9 Å². The second-order valence-electron chi connectivity index (χ2n) is 11.1. The second kappa shape index (κ2) is 10.4. The average Bonchev–Trinajstić information content (AvgIpc) is 3.78. The van der Waals surface area contributed by atoms with E-state index in [9.17, 15) is 14.0 Å². The number of aromatic nitrogens is 3. The number of anilines is 3. The van der Waals surface area contributed by atoms with Crippen LogP contribution >= 0.6 is 0 Å². The van der Waals surface area contributed by atoms with Crippen molar-refractivity contribution in [1.82, 2.24) is 14.8 Å². The van der Waals surface area contributed by atoms with Crippen molar-refractivity contribution in [2.75, 3.05) is 16.0 Å². The first-order chi connectivity index (χ1) is 18.1. The summed E-state index contributed by atoms with van der Waals surface area (Å²) in [6.07, 6.45) is 5.74. The first-order valence-corrected chi connectivity index (χ1v) is 13.0. The van der Waals surface area contributed by atoms with Crippen LogP contribution in [-0.2, 0) is 23.4 Å². The van der Waals surface area contributed by atoms with E-state index in [-0.39, 0.29) is 29.5 Å². The van der Waals surface area contributed by atoms with Crippen molar-refractivity contribution in [1.29, 1.82) is 0 Å². The summed E-state index contributed by atoms with van der Waals surface area (Å²) in [6.45, 7) is 7.13. The minimum atomic E-state index is -0.619. The lowest BCUT2D eigenvalue weighted by Gasteiger charge is -2.14. The topological polar surface area (TPSA) is 110 Å². The Labute approximate surface area is 221 Å². The van der Waals surface area contributed by atoms with E-state index in [1.807, 2.05) is 10.7 Å². The SMILES string of the molecule is CC(C)(C)c1cc(NC(=O)Nc2ccc(OCc3ccnc(NC(=O)C4CC4)c3)cc2F)n(CC2CC2)n1. The molecule has 0 unspecified atom stereocenters. The maximum Gasteiger partial charge on any atom is 0.324 e. The van der Waals surface area contributed by atoms with Crippen LogP contribution in [-0.4, -0.2) is 26.7 Å². The van der Waals surface area contributed by atoms with Crippen molar-refractivity contribution >= 4 is 29.3 Å². The highest BCUT2D eigenvalue weighted by Crippen LogP contribution is 2.33. The fourth-order valence-corrected chi connectivity index (χ4v) is 3.90. The molecule has 3 N–H and O–H groups in total. The largest absolute Gasteiger partial charge is 0.489 e. The number of nitrogens with one attached hydrogen (secondary N) is 3. The zero-order valence-electron chi connectivity index (χ0n) is 21.9. The van der Waals surface area contributed by atoms with Gasteiger partial charge in [-0.1, -0.05) is 20.8 Å². The number of hydrogen-bond donors (Lipinski definition) is 3. The molecule has 5 rings (SSSR count). The number of carbonyl (C=O) groups excluding carboxylic acids is 2. The van der Waals surface area contributed by atoms with Gasteiger partial charge >= 0.3 is 6.03 Å². The molecule has 0 aliphatic heterocycles. The number of rotatable bonds is 9. The van der Waals surface area contributed by atoms with Gasteiger partial charge in [-0.15, -0.1) is 0 Å². The summed E-state index contributed by atoms with van der Waals surface area (Å²) < 4.78 is 22.3. The Kier molecular flexibility index (Phi) is 7.05. The predicted octanol–water partition coefficient (Wildman–Crippen LogP) is 5.70. The van der Waals surface area contributed by atoms with Gasteiger partial charge in [0.05, 0.1) is 11.4 Å². The zero-order valence-corrected chi connectivity index (χ0v) is 21.9. The van der Waals surface area contributed by atoms with Crippen LogP contribution in [0.15, 0.2) is 42.6 Å². The number of pyridine rings is 1. The maximum atomic E-state index is 14.8. The fourth-order valence-electron chi connectivity index (χ4n) is 3.90. The van der Waals surface area contributed by atoms with Crippen molar-refractivity contribution in [3.63, 3.8) is 0 Å². The number of halogens is 1. The summed E-state index contributed by atoms with van der Waals surface area (Å²) >= 11 is 0. The lowest BCUT2D eigenvalue weighted by Crippen LogP contribution is -2.22. The number of carbonyl (C=O) groups is 2. The molecule has 1 aromatic carbocycles. The van der Waals surface area contributed by atoms with Gasteiger partial charge in [0.2, 0.25) is 5.91 Å². The van der Waals surface area contributed by atoms with Gasteiger partial charge in [0, 0.05) is 36.2 Å². The van der Waals surface area contributed by atoms with Gasteiger partial charge in [-0.05, 0) is 61.4 Å². The highest BCUT2D eigenvalue weighted by Gasteiger charge is 2.30. The maximum absolute atomic E-state index is 14.8. The number of amides is 3. The van der Waals surface area contributed by atoms with Crippen molar-refractivity contribution in [2.45, 2.75) is 65.0 Å². The van der Waals surface area contributed by atoms with Crippen molar-refractivity contribution in [3.8, 4) is 5.75 Å². The average molecular weight is 521 g/mol. The summed E-state index contributed by atoms with van der Waals surface area (Å²) in [5.74, 6) is 1.39. The highest BCUT2D eigenvalue weighted by molar-refractivity contribution is 5.99. The van der Waals surface area contributed by atoms with Crippen LogP contribution in [0, 0.1) is 17.7 Å². The standard InChI is InChI=1S/C28H33FN6O3/c1-28(2,3)23-14-25(35(34-23)15-17-4-5-17)33-27(37)31-22-9-8-20(13-21(22)29)38-16-18-10-11-30-24(12-18)32-26(36)19-6-7-19/h8-14,17,19H,4-7,15-16H2,1-3H3,(H,30,32,36)(H2,31,33,37). The molecule has 3 aromatic rings. The second-order valence-corrected chi connectivity index (χ2v) is 11.1. The first kappa shape index (κ1) is 25.7. The van der Waals surface area contributed by atoms with Crippen LogP contribution in [0.5, 0.6) is 5.75 Å². The van der Waals surface area contributed by atoms with Gasteiger partial charge in [0.1, 0.15) is 29.8 Å². The molecule has 10 heteroatoms. The van der Waals surface area contributed by atoms with E-state index in [2.05, 4.69) is 46.8 Å². The van der Waals surface area contributed by atoms with E-state index < -0.39 is 11.8 Å². The molecule has 200 valence electrons. The molecule has 0 spiro atoms. The smallest absolute Gasteiger partial charge is 0.324 e. The molecule has 2 aliphatic carbocycles. The number of urea groups is 1. The van der Waals surface area contributed by atoms with Crippen molar-refractivity contribution < 1.29 is 18.7 Å². The lowest BCUT2D eigenvalue weighted by molar-refractivity contribution is -0.117. The summed E-state index contributed by atoms with van der Waals surface area (Å²) in [5, 5.41) is 12.9. The quantitative estimate of drug-likeness (QED) is 0.335. The number of hydrogen-bond acceptors (Lipinski definition) is 5. The van der Waals surface area contributed by atoms with E-state index >= 15 is 0 Å². The number of benzene rings is 1. The molecule has 2 aliphatic rings. The number of ether oxygens (including phenoxy) is 1. The highest BCUT2D eigenvalue weighted by atomic mass is 19.1. The summed E-state index contributed by atoms with van der Waals surface area (Å²) in [4.78, 5) is 28.8. The minimum Gasteiger partial charge on any atom is -0.489 e. The third-order valence-electron chi connectivity index (χ3n) is 6.54. The Balaban J connectivity index is 1.18. The predicted molar refractivity (Wildman–Crippen MR) is 143 cm³/mol. The van der Waals surface area contributed by atoms with Crippen LogP contribution < -0.4 is 20.7 Å². The molecule has 2 heterocycles. The summed E-state index contributed by atoms with van der Waals surface area (Å²) in [6, 6.07) is 9.09. The number of nitrogens with zero attached hydrogens (tertiary/aromatic N) is 3. The lowest BCUT2D eigenvalue weighted by atomic mass is 9.92. The van der Waals surface area contributed by atoms with Gasteiger partial charge in [0.15, 0.2) is 0 Å². The van der Waals surface area contributed by atoms with E-state index in [1.165, 1.54) is 12.1 Å². The summed E-state index contributed by atoms with van der Waals surface area (Å²) in [7, 11) is 0. The molecule has 0 atom stereocenters. The van der Waals surface area contributed by atoms with Gasteiger partial charge in [-0.2, -0.15) is 5.10 Å². The fraction of sp³-hybridized carbons (Fsp3) is 0.429. The minimum absolute atomic E-state index is 0.0215. The molecule has 9 nitrogen and oxygen atoms in total. The molecule has 0 saturated heterocycles. The van der Waals surface area contributed by atoms with Crippen molar-refractivity contribution in [2.24, 2.45) is 11.8 Å². The van der Waals surface area contributed by atoms with Crippen molar-refractivity contribution in [3.05, 3.63) is 59.7 Å². The zero-order chi connectivity index (χ0) is 26.9. The van der Waals surface area contributed by atoms with E-state index in [4.69, 9.17) is 4.74 Å². The normalized spacial score (nSPS) is 15.2.